The Morgan fingerprint density at radius 1 is 0.972 bits per heavy atom. The molecule has 2 saturated heterocycles. The second kappa shape index (κ2) is 10.9. The number of likely N-dealkylation sites (tertiary alicyclic amines) is 1. The fraction of sp³-hybridized carbons (Fsp3) is 0.400. The summed E-state index contributed by atoms with van der Waals surface area (Å²) in [4.78, 5) is 19.7. The number of hydrogen-bond donors (Lipinski definition) is 1. The number of aromatic nitrogens is 2. The predicted octanol–water partition coefficient (Wildman–Crippen LogP) is 2.61. The number of hydrogen-bond acceptors (Lipinski definition) is 8. The average Bonchev–Trinajstić information content (AvgIpc) is 3.39. The molecule has 36 heavy (non-hydrogen) atoms. The number of ether oxygens (including phenoxy) is 1. The van der Waals surface area contributed by atoms with E-state index in [0.717, 1.165) is 31.5 Å². The van der Waals surface area contributed by atoms with E-state index in [0.29, 0.717) is 50.3 Å². The number of carbonyl (C=O) groups is 1. The summed E-state index contributed by atoms with van der Waals surface area (Å²) in [7, 11) is -3.56. The van der Waals surface area contributed by atoms with Crippen molar-refractivity contribution >= 4 is 21.6 Å². The summed E-state index contributed by atoms with van der Waals surface area (Å²) in [5.41, 5.74) is 1.50. The van der Waals surface area contributed by atoms with E-state index in [2.05, 4.69) is 20.4 Å². The SMILES string of the molecule is O=C(Nc1ccc(S(=O)(=O)N2CCOCC2)cc1)C1CCN(Cc2nc(-c3ccccc3)no2)CC1. The summed E-state index contributed by atoms with van der Waals surface area (Å²) in [5.74, 6) is 0.968. The predicted molar refractivity (Wildman–Crippen MR) is 132 cm³/mol. The summed E-state index contributed by atoms with van der Waals surface area (Å²) in [6, 6.07) is 16.0. The molecule has 0 aliphatic carbocycles. The number of nitrogens with zero attached hydrogens (tertiary/aromatic N) is 4. The molecule has 1 N–H and O–H groups in total. The Kier molecular flexibility index (Phi) is 7.42. The molecule has 1 amide bonds. The molecule has 0 unspecified atom stereocenters. The van der Waals surface area contributed by atoms with Crippen LogP contribution in [0, 0.1) is 5.92 Å². The Bertz CT molecular complexity index is 1270. The summed E-state index contributed by atoms with van der Waals surface area (Å²) >= 11 is 0. The lowest BCUT2D eigenvalue weighted by atomic mass is 9.96. The van der Waals surface area contributed by atoms with Crippen LogP contribution in [0.2, 0.25) is 0 Å². The van der Waals surface area contributed by atoms with Gasteiger partial charge in [0.1, 0.15) is 0 Å². The van der Waals surface area contributed by atoms with Gasteiger partial charge in [0.2, 0.25) is 27.6 Å². The normalized spacial score (nSPS) is 18.2. The van der Waals surface area contributed by atoms with Crippen molar-refractivity contribution in [3.8, 4) is 11.4 Å². The lowest BCUT2D eigenvalue weighted by molar-refractivity contribution is -0.121. The van der Waals surface area contributed by atoms with Crippen molar-refractivity contribution in [2.75, 3.05) is 44.7 Å². The van der Waals surface area contributed by atoms with Crippen molar-refractivity contribution in [2.45, 2.75) is 24.3 Å². The zero-order valence-electron chi connectivity index (χ0n) is 19.9. The van der Waals surface area contributed by atoms with Gasteiger partial charge in [0, 0.05) is 30.3 Å². The van der Waals surface area contributed by atoms with Crippen LogP contribution in [0.1, 0.15) is 18.7 Å². The molecular formula is C25H29N5O5S. The van der Waals surface area contributed by atoms with Gasteiger partial charge in [0.15, 0.2) is 0 Å². The smallest absolute Gasteiger partial charge is 0.243 e. The minimum atomic E-state index is -3.56. The van der Waals surface area contributed by atoms with E-state index in [4.69, 9.17) is 9.26 Å². The van der Waals surface area contributed by atoms with Crippen molar-refractivity contribution in [2.24, 2.45) is 5.92 Å². The summed E-state index contributed by atoms with van der Waals surface area (Å²) < 4.78 is 37.6. The van der Waals surface area contributed by atoms with Crippen LogP contribution in [0.5, 0.6) is 0 Å². The summed E-state index contributed by atoms with van der Waals surface area (Å²) in [6.07, 6.45) is 1.43. The third-order valence-corrected chi connectivity index (χ3v) is 8.46. The summed E-state index contributed by atoms with van der Waals surface area (Å²) in [6.45, 7) is 3.54. The van der Waals surface area contributed by atoms with Crippen LogP contribution in [-0.4, -0.2) is 73.1 Å². The molecular weight excluding hydrogens is 482 g/mol. The second-order valence-electron chi connectivity index (χ2n) is 8.96. The van der Waals surface area contributed by atoms with Crippen molar-refractivity contribution in [1.29, 1.82) is 0 Å². The first-order valence-corrected chi connectivity index (χ1v) is 13.5. The minimum Gasteiger partial charge on any atom is -0.379 e. The topological polar surface area (TPSA) is 118 Å². The minimum absolute atomic E-state index is 0.0532. The molecule has 0 saturated carbocycles. The molecule has 2 aliphatic heterocycles. The van der Waals surface area contributed by atoms with Crippen LogP contribution in [0.3, 0.4) is 0 Å². The van der Waals surface area contributed by atoms with E-state index in [1.165, 1.54) is 16.4 Å². The molecule has 5 rings (SSSR count). The number of amides is 1. The highest BCUT2D eigenvalue weighted by Gasteiger charge is 2.28. The van der Waals surface area contributed by atoms with Gasteiger partial charge in [-0.2, -0.15) is 9.29 Å². The number of morpholine rings is 1. The van der Waals surface area contributed by atoms with Crippen molar-refractivity contribution in [1.82, 2.24) is 19.3 Å². The Balaban J connectivity index is 1.11. The van der Waals surface area contributed by atoms with E-state index in [-0.39, 0.29) is 16.7 Å². The van der Waals surface area contributed by atoms with Gasteiger partial charge in [0.05, 0.1) is 24.7 Å². The van der Waals surface area contributed by atoms with E-state index < -0.39 is 10.0 Å². The van der Waals surface area contributed by atoms with Gasteiger partial charge in [-0.05, 0) is 50.2 Å². The monoisotopic (exact) mass is 511 g/mol. The molecule has 2 aromatic carbocycles. The van der Waals surface area contributed by atoms with Gasteiger partial charge in [-0.3, -0.25) is 9.69 Å². The molecule has 2 fully saturated rings. The third kappa shape index (κ3) is 5.65. The Labute approximate surface area is 210 Å². The molecule has 190 valence electrons. The standard InChI is InChI=1S/C25H29N5O5S/c31-25(26-21-6-8-22(9-7-21)36(32,33)30-14-16-34-17-15-30)20-10-12-29(13-11-20)18-23-27-24(28-35-23)19-4-2-1-3-5-19/h1-9,20H,10-18H2,(H,26,31). The number of carbonyl (C=O) groups excluding carboxylic acids is 1. The van der Waals surface area contributed by atoms with Gasteiger partial charge in [-0.15, -0.1) is 0 Å². The van der Waals surface area contributed by atoms with Crippen molar-refractivity contribution in [3.63, 3.8) is 0 Å². The zero-order valence-corrected chi connectivity index (χ0v) is 20.7. The molecule has 0 spiro atoms. The van der Waals surface area contributed by atoms with E-state index in [1.807, 2.05) is 30.3 Å². The van der Waals surface area contributed by atoms with Crippen LogP contribution in [0.15, 0.2) is 64.0 Å². The maximum absolute atomic E-state index is 12.8. The number of sulfonamides is 1. The maximum Gasteiger partial charge on any atom is 0.243 e. The largest absolute Gasteiger partial charge is 0.379 e. The van der Waals surface area contributed by atoms with Crippen LogP contribution >= 0.6 is 0 Å². The fourth-order valence-corrected chi connectivity index (χ4v) is 5.87. The Morgan fingerprint density at radius 3 is 2.36 bits per heavy atom. The number of rotatable bonds is 7. The molecule has 10 nitrogen and oxygen atoms in total. The Hall–Kier alpha value is -3.12. The van der Waals surface area contributed by atoms with Gasteiger partial charge in [0.25, 0.3) is 0 Å². The molecule has 0 radical (unpaired) electrons. The third-order valence-electron chi connectivity index (χ3n) is 6.55. The lowest BCUT2D eigenvalue weighted by Crippen LogP contribution is -2.40. The highest BCUT2D eigenvalue weighted by Crippen LogP contribution is 2.23. The number of benzene rings is 2. The number of piperidine rings is 1. The van der Waals surface area contributed by atoms with E-state index >= 15 is 0 Å². The van der Waals surface area contributed by atoms with Gasteiger partial charge < -0.3 is 14.6 Å². The lowest BCUT2D eigenvalue weighted by Gasteiger charge is -2.30. The molecule has 3 heterocycles. The van der Waals surface area contributed by atoms with Gasteiger partial charge >= 0.3 is 0 Å². The zero-order chi connectivity index (χ0) is 25.0. The second-order valence-corrected chi connectivity index (χ2v) is 10.9. The first-order chi connectivity index (χ1) is 17.5. The fourth-order valence-electron chi connectivity index (χ4n) is 4.46. The number of anilines is 1. The molecule has 2 aliphatic rings. The van der Waals surface area contributed by atoms with Crippen LogP contribution in [0.4, 0.5) is 5.69 Å². The average molecular weight is 512 g/mol. The van der Waals surface area contributed by atoms with Gasteiger partial charge in [-0.25, -0.2) is 8.42 Å². The molecule has 1 aromatic heterocycles. The summed E-state index contributed by atoms with van der Waals surface area (Å²) in [5, 5.41) is 7.00. The van der Waals surface area contributed by atoms with Gasteiger partial charge in [-0.1, -0.05) is 35.5 Å². The van der Waals surface area contributed by atoms with Crippen molar-refractivity contribution < 1.29 is 22.5 Å². The molecule has 0 atom stereocenters. The quantitative estimate of drug-likeness (QED) is 0.514. The molecule has 11 heteroatoms. The highest BCUT2D eigenvalue weighted by atomic mass is 32.2. The molecule has 0 bridgehead atoms. The van der Waals surface area contributed by atoms with E-state index in [1.54, 1.807) is 12.1 Å². The first-order valence-electron chi connectivity index (χ1n) is 12.1. The Morgan fingerprint density at radius 2 is 1.67 bits per heavy atom. The molecule has 3 aromatic rings. The van der Waals surface area contributed by atoms with Crippen LogP contribution in [-0.2, 0) is 26.1 Å². The van der Waals surface area contributed by atoms with Crippen LogP contribution in [0.25, 0.3) is 11.4 Å². The number of nitrogens with one attached hydrogen (secondary N) is 1. The van der Waals surface area contributed by atoms with Crippen LogP contribution < -0.4 is 5.32 Å². The van der Waals surface area contributed by atoms with Crippen molar-refractivity contribution in [3.05, 3.63) is 60.5 Å². The highest BCUT2D eigenvalue weighted by molar-refractivity contribution is 7.89. The first kappa shape index (κ1) is 24.6. The van der Waals surface area contributed by atoms with E-state index in [9.17, 15) is 13.2 Å². The maximum atomic E-state index is 12.8.